The highest BCUT2D eigenvalue weighted by atomic mass is 79.9. The van der Waals surface area contributed by atoms with Crippen molar-refractivity contribution in [1.29, 1.82) is 0 Å². The molecule has 226 valence electrons. The molecule has 3 aliphatic rings. The van der Waals surface area contributed by atoms with Crippen LogP contribution in [-0.2, 0) is 17.8 Å². The van der Waals surface area contributed by atoms with Crippen LogP contribution >= 0.6 is 15.9 Å². The number of hydrogen-bond donors (Lipinski definition) is 3. The summed E-state index contributed by atoms with van der Waals surface area (Å²) in [6.07, 6.45) is 3.37. The van der Waals surface area contributed by atoms with Crippen LogP contribution in [0.15, 0.2) is 46.9 Å². The number of benzene rings is 2. The van der Waals surface area contributed by atoms with E-state index in [0.717, 1.165) is 35.9 Å². The number of halogens is 1. The van der Waals surface area contributed by atoms with Crippen molar-refractivity contribution in [2.45, 2.75) is 62.8 Å². The average Bonchev–Trinajstić information content (AvgIpc) is 3.14. The van der Waals surface area contributed by atoms with E-state index in [-0.39, 0.29) is 29.5 Å². The van der Waals surface area contributed by atoms with E-state index in [0.29, 0.717) is 61.6 Å². The lowest BCUT2D eigenvalue weighted by Gasteiger charge is -2.59. The predicted octanol–water partition coefficient (Wildman–Crippen LogP) is 4.59. The van der Waals surface area contributed by atoms with Crippen LogP contribution in [0.25, 0.3) is 0 Å². The van der Waals surface area contributed by atoms with Gasteiger partial charge in [-0.3, -0.25) is 4.90 Å². The number of nitrogens with one attached hydrogen (secondary N) is 1. The van der Waals surface area contributed by atoms with Crippen LogP contribution in [0.4, 0.5) is 21.0 Å². The zero-order valence-corrected chi connectivity index (χ0v) is 26.1. The number of para-hydroxylation sites is 1. The smallest absolute Gasteiger partial charge is 0.435 e. The molecule has 0 radical (unpaired) electrons. The number of carbonyl (C=O) groups is 3. The maximum atomic E-state index is 13.6. The van der Waals surface area contributed by atoms with Gasteiger partial charge in [0.1, 0.15) is 12.8 Å². The first-order valence-corrected chi connectivity index (χ1v) is 15.5. The number of aldehydes is 1. The van der Waals surface area contributed by atoms with Crippen molar-refractivity contribution in [3.8, 4) is 0 Å². The highest BCUT2D eigenvalue weighted by molar-refractivity contribution is 9.10. The quantitative estimate of drug-likeness (QED) is 0.230. The fraction of sp³-hybridized carbons (Fsp3) is 0.516. The molecule has 3 amide bonds. The fourth-order valence-electron chi connectivity index (χ4n) is 7.50. The highest BCUT2D eigenvalue weighted by Crippen LogP contribution is 2.46. The number of hydrogen-bond acceptors (Lipinski definition) is 6. The first-order valence-electron chi connectivity index (χ1n) is 14.8. The minimum Gasteiger partial charge on any atom is -0.435 e. The summed E-state index contributed by atoms with van der Waals surface area (Å²) in [5.74, 6) is 0. The number of rotatable bonds is 7. The molecule has 3 heterocycles. The van der Waals surface area contributed by atoms with Crippen molar-refractivity contribution < 1.29 is 24.0 Å². The number of amides is 3. The standard InChI is InChI=1S/C31H41BrN6O4/c1-35(2)24-10-14-36(15-11-24)31(13-18-39)20-25(37-16-9-23-5-3-4-6-28(23)34-29(37)40)12-17-38(31,30(41)42)21-22-7-8-27(33)26(32)19-22/h3-8,18-19,24-25H,9-17,20-21,33H2,1-2H3,(H-,34,40,41,42)/p+1/t25?,31?,38-/m0/s1. The molecule has 0 bridgehead atoms. The first-order chi connectivity index (χ1) is 20.1. The number of anilines is 2. The molecule has 0 spiro atoms. The Labute approximate surface area is 256 Å². The van der Waals surface area contributed by atoms with E-state index in [1.807, 2.05) is 41.3 Å². The van der Waals surface area contributed by atoms with Gasteiger partial charge in [0.05, 0.1) is 13.0 Å². The summed E-state index contributed by atoms with van der Waals surface area (Å²) in [6.45, 7) is 2.39. The molecule has 10 nitrogen and oxygen atoms in total. The van der Waals surface area contributed by atoms with Crippen LogP contribution in [0.1, 0.15) is 43.2 Å². The zero-order valence-electron chi connectivity index (χ0n) is 24.5. The van der Waals surface area contributed by atoms with Crippen LogP contribution in [-0.4, -0.2) is 101 Å². The van der Waals surface area contributed by atoms with Crippen LogP contribution in [0.3, 0.4) is 0 Å². The number of carbonyl (C=O) groups excluding carboxylic acids is 2. The van der Waals surface area contributed by atoms with Gasteiger partial charge in [-0.25, -0.2) is 9.28 Å². The van der Waals surface area contributed by atoms with Gasteiger partial charge in [0, 0.05) is 66.0 Å². The molecule has 11 heteroatoms. The van der Waals surface area contributed by atoms with Gasteiger partial charge < -0.3 is 30.8 Å². The number of likely N-dealkylation sites (tertiary alicyclic amines) is 2. The van der Waals surface area contributed by atoms with Gasteiger partial charge in [0.2, 0.25) is 0 Å². The minimum atomic E-state index is -1.03. The summed E-state index contributed by atoms with van der Waals surface area (Å²) in [7, 11) is 4.15. The maximum Gasteiger partial charge on any atom is 0.515 e. The number of fused-ring (bicyclic) bond motifs is 1. The molecule has 2 aromatic rings. The molecule has 4 N–H and O–H groups in total. The van der Waals surface area contributed by atoms with Crippen molar-refractivity contribution in [1.82, 2.24) is 14.7 Å². The molecule has 2 saturated heterocycles. The van der Waals surface area contributed by atoms with Gasteiger partial charge >= 0.3 is 12.1 Å². The molecule has 2 fully saturated rings. The van der Waals surface area contributed by atoms with Crippen LogP contribution in [0.2, 0.25) is 0 Å². The van der Waals surface area contributed by atoms with Gasteiger partial charge in [0.15, 0.2) is 5.66 Å². The summed E-state index contributed by atoms with van der Waals surface area (Å²) in [6, 6.07) is 13.4. The minimum absolute atomic E-state index is 0.0637. The number of nitrogens with zero attached hydrogens (tertiary/aromatic N) is 4. The van der Waals surface area contributed by atoms with Crippen LogP contribution in [0.5, 0.6) is 0 Å². The molecular formula is C31H42BrN6O4+. The largest absolute Gasteiger partial charge is 0.515 e. The summed E-state index contributed by atoms with van der Waals surface area (Å²) in [4.78, 5) is 46.1. The lowest BCUT2D eigenvalue weighted by Crippen LogP contribution is -2.78. The number of nitrogen functional groups attached to an aromatic ring is 1. The Bertz CT molecular complexity index is 1330. The van der Waals surface area contributed by atoms with Crippen LogP contribution < -0.4 is 11.1 Å². The zero-order chi connectivity index (χ0) is 30.1. The second-order valence-electron chi connectivity index (χ2n) is 12.2. The molecule has 2 aromatic carbocycles. The Morgan fingerprint density at radius 1 is 1.19 bits per heavy atom. The third kappa shape index (κ3) is 5.55. The second kappa shape index (κ2) is 12.3. The topological polar surface area (TPSA) is 119 Å². The van der Waals surface area contributed by atoms with E-state index in [1.165, 1.54) is 0 Å². The number of urea groups is 1. The SMILES string of the molecule is CN(C)C1CCN(C2(CC=O)CC(N3CCc4ccccc4NC3=O)CC[N@+]2(Cc2ccc(N)c(Br)c2)C(=O)O)CC1. The lowest BCUT2D eigenvalue weighted by atomic mass is 9.81. The van der Waals surface area contributed by atoms with E-state index in [1.54, 1.807) is 6.07 Å². The van der Waals surface area contributed by atoms with Crippen molar-refractivity contribution in [3.63, 3.8) is 0 Å². The van der Waals surface area contributed by atoms with E-state index in [9.17, 15) is 19.5 Å². The van der Waals surface area contributed by atoms with Gasteiger partial charge in [-0.1, -0.05) is 24.3 Å². The molecule has 2 unspecified atom stereocenters. The summed E-state index contributed by atoms with van der Waals surface area (Å²) < 4.78 is 0.424. The molecule has 0 aromatic heterocycles. The van der Waals surface area contributed by atoms with E-state index in [2.05, 4.69) is 45.1 Å². The summed E-state index contributed by atoms with van der Waals surface area (Å²) >= 11 is 3.51. The summed E-state index contributed by atoms with van der Waals surface area (Å²) in [5.41, 5.74) is 8.34. The number of piperidine rings is 2. The molecule has 0 aliphatic carbocycles. The Balaban J connectivity index is 1.55. The molecular weight excluding hydrogens is 600 g/mol. The number of nitrogens with two attached hydrogens (primary N) is 1. The molecule has 3 atom stereocenters. The maximum absolute atomic E-state index is 13.6. The Hall–Kier alpha value is -2.99. The summed E-state index contributed by atoms with van der Waals surface area (Å²) in [5, 5.41) is 14.2. The Morgan fingerprint density at radius 2 is 1.93 bits per heavy atom. The van der Waals surface area contributed by atoms with E-state index < -0.39 is 11.8 Å². The van der Waals surface area contributed by atoms with Crippen LogP contribution in [0, 0.1) is 0 Å². The third-order valence-electron chi connectivity index (χ3n) is 9.86. The van der Waals surface area contributed by atoms with Gasteiger partial charge in [-0.15, -0.1) is 0 Å². The molecule has 5 rings (SSSR count). The molecule has 42 heavy (non-hydrogen) atoms. The van der Waals surface area contributed by atoms with E-state index >= 15 is 0 Å². The van der Waals surface area contributed by atoms with Gasteiger partial charge in [0.25, 0.3) is 0 Å². The highest BCUT2D eigenvalue weighted by Gasteiger charge is 2.63. The fourth-order valence-corrected chi connectivity index (χ4v) is 7.93. The average molecular weight is 643 g/mol. The molecule has 3 aliphatic heterocycles. The van der Waals surface area contributed by atoms with Gasteiger partial charge in [-0.05, 0) is 73.1 Å². The van der Waals surface area contributed by atoms with Crippen molar-refractivity contribution in [2.24, 2.45) is 0 Å². The van der Waals surface area contributed by atoms with Crippen molar-refractivity contribution >= 4 is 45.7 Å². The Morgan fingerprint density at radius 3 is 2.60 bits per heavy atom. The van der Waals surface area contributed by atoms with Gasteiger partial charge in [-0.2, -0.15) is 4.79 Å². The first kappa shape index (κ1) is 30.5. The number of carboxylic acid groups (broad SMARTS) is 1. The lowest BCUT2D eigenvalue weighted by molar-refractivity contribution is -0.942. The number of quaternary nitrogens is 1. The third-order valence-corrected chi connectivity index (χ3v) is 10.5. The monoisotopic (exact) mass is 641 g/mol. The predicted molar refractivity (Wildman–Crippen MR) is 166 cm³/mol. The molecule has 0 saturated carbocycles. The van der Waals surface area contributed by atoms with Crippen molar-refractivity contribution in [3.05, 3.63) is 58.1 Å². The van der Waals surface area contributed by atoms with E-state index in [4.69, 9.17) is 5.73 Å². The normalized spacial score (nSPS) is 27.3. The Kier molecular flexibility index (Phi) is 8.94. The second-order valence-corrected chi connectivity index (χ2v) is 13.1. The van der Waals surface area contributed by atoms with Crippen molar-refractivity contribution in [2.75, 3.05) is 51.3 Å².